The molecule has 1 amide bonds. The van der Waals surface area contributed by atoms with Crippen molar-refractivity contribution < 1.29 is 28.7 Å². The van der Waals surface area contributed by atoms with E-state index in [2.05, 4.69) is 17.4 Å². The Hall–Kier alpha value is -2.67. The van der Waals surface area contributed by atoms with Crippen LogP contribution in [0.2, 0.25) is 0 Å². The number of hydrogen-bond donors (Lipinski definition) is 3. The summed E-state index contributed by atoms with van der Waals surface area (Å²) in [6, 6.07) is 13.9. The number of amides is 1. The molecule has 0 aliphatic heterocycles. The van der Waals surface area contributed by atoms with Gasteiger partial charge >= 0.3 is 13.7 Å². The summed E-state index contributed by atoms with van der Waals surface area (Å²) in [5.74, 6) is 0.868. The largest absolute Gasteiger partial charge is 0.444 e. The SMILES string of the molecule is Cn1c(CC[C@](C)(C=CP(=O)(O)O)NC(=O)OC(C)(C)C)ccc1C(=O)CCCCc1ccccc1. The molecule has 0 aliphatic rings. The summed E-state index contributed by atoms with van der Waals surface area (Å²) in [7, 11) is -2.59. The van der Waals surface area contributed by atoms with Gasteiger partial charge in [0.1, 0.15) is 5.60 Å². The zero-order valence-corrected chi connectivity index (χ0v) is 22.8. The van der Waals surface area contributed by atoms with E-state index in [0.717, 1.165) is 30.8 Å². The number of aryl methyl sites for hydroxylation is 2. The minimum absolute atomic E-state index is 0.0767. The molecule has 8 nitrogen and oxygen atoms in total. The Morgan fingerprint density at radius 2 is 1.69 bits per heavy atom. The molecule has 198 valence electrons. The Bertz CT molecular complexity index is 1100. The topological polar surface area (TPSA) is 118 Å². The van der Waals surface area contributed by atoms with Crippen molar-refractivity contribution in [2.45, 2.75) is 77.4 Å². The van der Waals surface area contributed by atoms with Gasteiger partial charge < -0.3 is 24.4 Å². The highest BCUT2D eigenvalue weighted by atomic mass is 31.2. The lowest BCUT2D eigenvalue weighted by Crippen LogP contribution is -2.47. The van der Waals surface area contributed by atoms with Gasteiger partial charge in [0.2, 0.25) is 0 Å². The molecule has 2 aromatic rings. The molecule has 1 heterocycles. The molecular weight excluding hydrogens is 479 g/mol. The van der Waals surface area contributed by atoms with E-state index in [9.17, 15) is 23.9 Å². The molecule has 0 saturated carbocycles. The molecule has 9 heteroatoms. The van der Waals surface area contributed by atoms with Gasteiger partial charge in [-0.25, -0.2) is 4.79 Å². The Morgan fingerprint density at radius 1 is 1.03 bits per heavy atom. The highest BCUT2D eigenvalue weighted by molar-refractivity contribution is 7.55. The highest BCUT2D eigenvalue weighted by Gasteiger charge is 2.28. The summed E-state index contributed by atoms with van der Waals surface area (Å²) in [5.41, 5.74) is 0.977. The van der Waals surface area contributed by atoms with Crippen LogP contribution in [0, 0.1) is 0 Å². The number of carbonyl (C=O) groups excluding carboxylic acids is 2. The van der Waals surface area contributed by atoms with E-state index in [4.69, 9.17) is 4.74 Å². The monoisotopic (exact) mass is 518 g/mol. The Balaban J connectivity index is 2.01. The van der Waals surface area contributed by atoms with Crippen molar-refractivity contribution in [1.82, 2.24) is 9.88 Å². The number of ketones is 1. The molecule has 2 rings (SSSR count). The van der Waals surface area contributed by atoms with Gasteiger partial charge in [0.25, 0.3) is 0 Å². The lowest BCUT2D eigenvalue weighted by Gasteiger charge is -2.30. The third kappa shape index (κ3) is 10.5. The molecule has 1 aromatic heterocycles. The maximum Gasteiger partial charge on any atom is 0.408 e. The number of carbonyl (C=O) groups is 2. The molecule has 36 heavy (non-hydrogen) atoms. The zero-order chi connectivity index (χ0) is 27.0. The first-order chi connectivity index (χ1) is 16.7. The molecule has 0 aliphatic carbocycles. The van der Waals surface area contributed by atoms with Gasteiger partial charge in [-0.15, -0.1) is 0 Å². The molecule has 0 unspecified atom stereocenters. The van der Waals surface area contributed by atoms with Crippen LogP contribution < -0.4 is 5.32 Å². The Labute approximate surface area is 213 Å². The number of nitrogens with zero attached hydrogens (tertiary/aromatic N) is 1. The Morgan fingerprint density at radius 3 is 2.31 bits per heavy atom. The van der Waals surface area contributed by atoms with Gasteiger partial charge in [-0.3, -0.25) is 9.36 Å². The van der Waals surface area contributed by atoms with Crippen LogP contribution in [-0.2, 0) is 29.2 Å². The summed E-state index contributed by atoms with van der Waals surface area (Å²) in [5, 5.41) is 2.72. The van der Waals surface area contributed by atoms with E-state index in [1.165, 1.54) is 11.6 Å². The van der Waals surface area contributed by atoms with Crippen molar-refractivity contribution in [2.75, 3.05) is 0 Å². The summed E-state index contributed by atoms with van der Waals surface area (Å²) in [6.45, 7) is 6.88. The molecule has 0 bridgehead atoms. The lowest BCUT2D eigenvalue weighted by atomic mass is 9.95. The highest BCUT2D eigenvalue weighted by Crippen LogP contribution is 2.37. The third-order valence-electron chi connectivity index (χ3n) is 5.80. The predicted molar refractivity (Wildman–Crippen MR) is 141 cm³/mol. The van der Waals surface area contributed by atoms with E-state index in [1.807, 2.05) is 35.9 Å². The number of benzene rings is 1. The van der Waals surface area contributed by atoms with Gasteiger partial charge in [-0.05, 0) is 77.5 Å². The van der Waals surface area contributed by atoms with Crippen molar-refractivity contribution in [2.24, 2.45) is 7.05 Å². The molecule has 0 saturated heterocycles. The van der Waals surface area contributed by atoms with Crippen LogP contribution in [-0.4, -0.2) is 37.4 Å². The number of rotatable bonds is 12. The van der Waals surface area contributed by atoms with Crippen LogP contribution >= 0.6 is 7.60 Å². The summed E-state index contributed by atoms with van der Waals surface area (Å²) >= 11 is 0. The molecule has 3 N–H and O–H groups in total. The molecule has 1 atom stereocenters. The molecular formula is C27H39N2O6P. The maximum absolute atomic E-state index is 12.8. The van der Waals surface area contributed by atoms with E-state index in [0.29, 0.717) is 25.0 Å². The number of nitrogens with one attached hydrogen (secondary N) is 1. The first-order valence-corrected chi connectivity index (χ1v) is 13.8. The fraction of sp³-hybridized carbons (Fsp3) is 0.481. The van der Waals surface area contributed by atoms with Crippen LogP contribution in [0.3, 0.4) is 0 Å². The van der Waals surface area contributed by atoms with Crippen molar-refractivity contribution in [3.8, 4) is 0 Å². The second-order valence-corrected chi connectivity index (χ2v) is 11.8. The zero-order valence-electron chi connectivity index (χ0n) is 21.9. The van der Waals surface area contributed by atoms with Crippen LogP contribution in [0.25, 0.3) is 0 Å². The smallest absolute Gasteiger partial charge is 0.408 e. The van der Waals surface area contributed by atoms with Gasteiger partial charge in [0.15, 0.2) is 5.78 Å². The van der Waals surface area contributed by atoms with Crippen molar-refractivity contribution in [3.63, 3.8) is 0 Å². The lowest BCUT2D eigenvalue weighted by molar-refractivity contribution is 0.0480. The second-order valence-electron chi connectivity index (χ2n) is 10.3. The van der Waals surface area contributed by atoms with Crippen LogP contribution in [0.15, 0.2) is 54.4 Å². The van der Waals surface area contributed by atoms with Gasteiger partial charge in [0, 0.05) is 25.0 Å². The average molecular weight is 519 g/mol. The predicted octanol–water partition coefficient (Wildman–Crippen LogP) is 5.53. The number of alkyl carbamates (subject to hydrolysis) is 1. The van der Waals surface area contributed by atoms with Gasteiger partial charge in [-0.2, -0.15) is 0 Å². The van der Waals surface area contributed by atoms with Gasteiger partial charge in [-0.1, -0.05) is 36.4 Å². The van der Waals surface area contributed by atoms with E-state index >= 15 is 0 Å². The Kier molecular flexibility index (Phi) is 10.3. The van der Waals surface area contributed by atoms with Crippen LogP contribution in [0.1, 0.15) is 75.1 Å². The van der Waals surface area contributed by atoms with Gasteiger partial charge in [0.05, 0.1) is 11.2 Å². The first kappa shape index (κ1) is 29.6. The maximum atomic E-state index is 12.8. The summed E-state index contributed by atoms with van der Waals surface area (Å²) in [4.78, 5) is 43.7. The molecule has 1 aromatic carbocycles. The quantitative estimate of drug-likeness (QED) is 0.193. The average Bonchev–Trinajstić information content (AvgIpc) is 3.13. The number of hydrogen-bond acceptors (Lipinski definition) is 4. The van der Waals surface area contributed by atoms with E-state index < -0.39 is 24.8 Å². The van der Waals surface area contributed by atoms with E-state index in [1.54, 1.807) is 33.8 Å². The molecule has 0 radical (unpaired) electrons. The van der Waals surface area contributed by atoms with Crippen molar-refractivity contribution in [1.29, 1.82) is 0 Å². The fourth-order valence-electron chi connectivity index (χ4n) is 3.85. The van der Waals surface area contributed by atoms with Crippen molar-refractivity contribution in [3.05, 3.63) is 71.3 Å². The number of aromatic nitrogens is 1. The molecule has 0 fully saturated rings. The summed E-state index contributed by atoms with van der Waals surface area (Å²) in [6.07, 6.45) is 4.58. The normalized spacial score (nSPS) is 14.0. The third-order valence-corrected chi connectivity index (χ3v) is 6.33. The van der Waals surface area contributed by atoms with Crippen LogP contribution in [0.5, 0.6) is 0 Å². The second kappa shape index (κ2) is 12.5. The first-order valence-electron chi connectivity index (χ1n) is 12.2. The minimum Gasteiger partial charge on any atom is -0.444 e. The minimum atomic E-state index is -4.42. The van der Waals surface area contributed by atoms with Crippen molar-refractivity contribution >= 4 is 19.5 Å². The number of unbranched alkanes of at least 4 members (excludes halogenated alkanes) is 1. The number of Topliss-reactive ketones (excluding diaryl/α,β-unsaturated/α-hetero) is 1. The van der Waals surface area contributed by atoms with Crippen LogP contribution in [0.4, 0.5) is 4.79 Å². The molecule has 0 spiro atoms. The fourth-order valence-corrected chi connectivity index (χ4v) is 4.37. The number of ether oxygens (including phenoxy) is 1. The van der Waals surface area contributed by atoms with E-state index in [-0.39, 0.29) is 5.78 Å². The summed E-state index contributed by atoms with van der Waals surface area (Å²) < 4.78 is 18.6. The standard InChI is InChI=1S/C27H39N2O6P/c1-26(2,3)35-25(31)28-27(4,19-20-36(32,33)34)18-17-22-15-16-23(29(22)5)24(30)14-10-9-13-21-11-7-6-8-12-21/h6-8,11-12,15-16,19-20H,9-10,13-14,17-18H2,1-5H3,(H,28,31)(H2,32,33,34)/t27-/m1/s1.